The molecule has 0 saturated heterocycles. The van der Waals surface area contributed by atoms with Gasteiger partial charge in [-0.25, -0.2) is 4.79 Å². The van der Waals surface area contributed by atoms with Gasteiger partial charge in [-0.1, -0.05) is 36.4 Å². The number of esters is 1. The number of fused-ring (bicyclic) bond motifs is 2. The highest BCUT2D eigenvalue weighted by Crippen LogP contribution is 2.57. The average Bonchev–Trinajstić information content (AvgIpc) is 3.29. The van der Waals surface area contributed by atoms with Gasteiger partial charge in [0.25, 0.3) is 5.91 Å². The molecule has 0 spiro atoms. The number of nitrogens with one attached hydrogen (secondary N) is 1. The number of hydrogen-bond donors (Lipinski definition) is 1. The minimum atomic E-state index is -0.761. The third-order valence-corrected chi connectivity index (χ3v) is 9.96. The summed E-state index contributed by atoms with van der Waals surface area (Å²) in [5, 5.41) is 3.96. The van der Waals surface area contributed by atoms with Crippen molar-refractivity contribution in [1.29, 1.82) is 0 Å². The van der Waals surface area contributed by atoms with Crippen molar-refractivity contribution in [3.05, 3.63) is 70.8 Å². The summed E-state index contributed by atoms with van der Waals surface area (Å²) in [5.74, 6) is 4.00. The van der Waals surface area contributed by atoms with Crippen molar-refractivity contribution in [1.82, 2.24) is 4.90 Å². The molecule has 2 aromatic rings. The van der Waals surface area contributed by atoms with Crippen molar-refractivity contribution >= 4 is 23.1 Å². The Hall–Kier alpha value is -3.52. The molecule has 1 amide bonds. The van der Waals surface area contributed by atoms with E-state index in [1.807, 2.05) is 12.1 Å². The van der Waals surface area contributed by atoms with Crippen LogP contribution in [0.25, 0.3) is 5.57 Å². The monoisotopic (exact) mass is 506 g/mol. The molecule has 194 valence electrons. The van der Waals surface area contributed by atoms with Gasteiger partial charge >= 0.3 is 5.97 Å². The third-order valence-electron chi connectivity index (χ3n) is 9.96. The topological polar surface area (TPSA) is 58.6 Å². The van der Waals surface area contributed by atoms with Crippen LogP contribution in [0.3, 0.4) is 0 Å². The van der Waals surface area contributed by atoms with Crippen LogP contribution in [-0.4, -0.2) is 35.5 Å². The molecule has 5 heteroatoms. The van der Waals surface area contributed by atoms with Gasteiger partial charge in [0, 0.05) is 17.6 Å². The van der Waals surface area contributed by atoms with Crippen molar-refractivity contribution in [3.8, 4) is 12.3 Å². The van der Waals surface area contributed by atoms with Crippen LogP contribution in [0, 0.1) is 30.1 Å². The molecule has 4 saturated carbocycles. The summed E-state index contributed by atoms with van der Waals surface area (Å²) in [4.78, 5) is 27.7. The van der Waals surface area contributed by atoms with Gasteiger partial charge in [0.1, 0.15) is 6.04 Å². The average molecular weight is 507 g/mol. The number of amides is 1. The molecule has 0 aromatic heterocycles. The highest BCUT2D eigenvalue weighted by atomic mass is 16.5. The fourth-order valence-electron chi connectivity index (χ4n) is 8.94. The molecule has 4 bridgehead atoms. The van der Waals surface area contributed by atoms with E-state index in [1.165, 1.54) is 51.2 Å². The summed E-state index contributed by atoms with van der Waals surface area (Å²) in [6, 6.07) is 15.7. The second-order valence-corrected chi connectivity index (χ2v) is 12.3. The van der Waals surface area contributed by atoms with Crippen LogP contribution >= 0.6 is 0 Å². The van der Waals surface area contributed by atoms with Crippen molar-refractivity contribution in [2.24, 2.45) is 17.8 Å². The predicted molar refractivity (Wildman–Crippen MR) is 147 cm³/mol. The smallest absolute Gasteiger partial charge is 0.328 e. The number of benzene rings is 2. The minimum Gasteiger partial charge on any atom is -0.467 e. The van der Waals surface area contributed by atoms with E-state index in [1.54, 1.807) is 4.90 Å². The Morgan fingerprint density at radius 3 is 2.29 bits per heavy atom. The standard InChI is InChI=1S/C33H34N2O3/c1-3-30(36)35-29(32(37)38-2)16-27-26-7-5-4-6-24(26)15-28(27)31(35)23-8-10-25(11-9-23)34-33-17-20-12-21(18-33)14-22(13-20)19-33/h1,4-11,20-22,29,31,34H,12-19H2,2H3/t20?,21?,22?,29-,31+,33?/m1/s1. The van der Waals surface area contributed by atoms with Crippen molar-refractivity contribution in [2.75, 3.05) is 12.4 Å². The molecular weight excluding hydrogens is 472 g/mol. The van der Waals surface area contributed by atoms with Crippen molar-refractivity contribution < 1.29 is 14.3 Å². The third kappa shape index (κ3) is 3.68. The van der Waals surface area contributed by atoms with E-state index in [0.717, 1.165) is 52.1 Å². The molecule has 5 nitrogen and oxygen atoms in total. The van der Waals surface area contributed by atoms with Crippen molar-refractivity contribution in [2.45, 2.75) is 69.0 Å². The highest BCUT2D eigenvalue weighted by molar-refractivity contribution is 5.98. The molecule has 38 heavy (non-hydrogen) atoms. The van der Waals surface area contributed by atoms with Gasteiger partial charge in [0.2, 0.25) is 0 Å². The van der Waals surface area contributed by atoms with Crippen LogP contribution in [0.2, 0.25) is 0 Å². The van der Waals surface area contributed by atoms with E-state index in [-0.39, 0.29) is 5.54 Å². The SMILES string of the molecule is C#CC(=O)N1[C@@H](C(=O)OC)CC2=C(Cc3ccccc32)[C@@H]1c1ccc(NC23CC4CC(CC(C4)C2)C3)cc1. The number of rotatable bonds is 4. The number of terminal acetylenes is 1. The Labute approximate surface area is 224 Å². The number of ether oxygens (including phenoxy) is 1. The fraction of sp³-hybridized carbons (Fsp3) is 0.455. The molecular formula is C33H34N2O3. The Balaban J connectivity index is 1.24. The summed E-state index contributed by atoms with van der Waals surface area (Å²) in [6.45, 7) is 0. The maximum Gasteiger partial charge on any atom is 0.328 e. The second kappa shape index (κ2) is 8.76. The molecule has 4 fully saturated rings. The molecule has 0 unspecified atom stereocenters. The Kier molecular flexibility index (Phi) is 5.44. The molecule has 6 aliphatic rings. The lowest BCUT2D eigenvalue weighted by Crippen LogP contribution is -2.54. The van der Waals surface area contributed by atoms with Crippen LogP contribution < -0.4 is 5.32 Å². The van der Waals surface area contributed by atoms with Crippen molar-refractivity contribution in [3.63, 3.8) is 0 Å². The van der Waals surface area contributed by atoms with E-state index in [2.05, 4.69) is 47.6 Å². The quantitative estimate of drug-likeness (QED) is 0.438. The van der Waals surface area contributed by atoms with E-state index in [9.17, 15) is 9.59 Å². The van der Waals surface area contributed by atoms with Crippen LogP contribution in [-0.2, 0) is 20.7 Å². The summed E-state index contributed by atoms with van der Waals surface area (Å²) in [6.07, 6.45) is 14.9. The largest absolute Gasteiger partial charge is 0.467 e. The lowest BCUT2D eigenvalue weighted by molar-refractivity contribution is -0.152. The molecule has 0 radical (unpaired) electrons. The normalized spacial score (nSPS) is 32.4. The van der Waals surface area contributed by atoms with Gasteiger partial charge < -0.3 is 15.0 Å². The Bertz CT molecular complexity index is 1350. The van der Waals surface area contributed by atoms with Crippen LogP contribution in [0.1, 0.15) is 67.7 Å². The lowest BCUT2D eigenvalue weighted by atomic mass is 9.53. The minimum absolute atomic E-state index is 0.228. The molecule has 2 atom stereocenters. The summed E-state index contributed by atoms with van der Waals surface area (Å²) < 4.78 is 5.15. The van der Waals surface area contributed by atoms with E-state index < -0.39 is 24.0 Å². The first-order chi connectivity index (χ1) is 18.5. The fourth-order valence-corrected chi connectivity index (χ4v) is 8.94. The molecule has 5 aliphatic carbocycles. The summed E-state index contributed by atoms with van der Waals surface area (Å²) in [7, 11) is 1.37. The zero-order valence-electron chi connectivity index (χ0n) is 21.9. The van der Waals surface area contributed by atoms with Gasteiger partial charge in [0.05, 0.1) is 13.2 Å². The Morgan fingerprint density at radius 1 is 1.00 bits per heavy atom. The first-order valence-corrected chi connectivity index (χ1v) is 14.0. The van der Waals surface area contributed by atoms with Gasteiger partial charge in [-0.05, 0) is 109 Å². The van der Waals surface area contributed by atoms with Crippen LogP contribution in [0.4, 0.5) is 5.69 Å². The van der Waals surface area contributed by atoms with E-state index in [0.29, 0.717) is 6.42 Å². The van der Waals surface area contributed by atoms with Gasteiger partial charge in [-0.3, -0.25) is 4.79 Å². The van der Waals surface area contributed by atoms with E-state index in [4.69, 9.17) is 11.2 Å². The number of carbonyl (C=O) groups is 2. The maximum atomic E-state index is 13.2. The van der Waals surface area contributed by atoms with Gasteiger partial charge in [-0.15, -0.1) is 6.42 Å². The number of methoxy groups -OCH3 is 1. The number of anilines is 1. The number of nitrogens with zero attached hydrogens (tertiary/aromatic N) is 1. The molecule has 1 N–H and O–H groups in total. The molecule has 1 heterocycles. The van der Waals surface area contributed by atoms with E-state index >= 15 is 0 Å². The predicted octanol–water partition coefficient (Wildman–Crippen LogP) is 5.53. The highest BCUT2D eigenvalue weighted by Gasteiger charge is 2.51. The molecule has 1 aliphatic heterocycles. The first kappa shape index (κ1) is 23.6. The first-order valence-electron chi connectivity index (χ1n) is 14.0. The maximum absolute atomic E-state index is 13.2. The molecule has 2 aromatic carbocycles. The van der Waals surface area contributed by atoms with Gasteiger partial charge in [0.15, 0.2) is 0 Å². The number of carbonyl (C=O) groups excluding carboxylic acids is 2. The second-order valence-electron chi connectivity index (χ2n) is 12.3. The summed E-state index contributed by atoms with van der Waals surface area (Å²) in [5.41, 5.74) is 7.00. The van der Waals surface area contributed by atoms with Gasteiger partial charge in [-0.2, -0.15) is 0 Å². The zero-order valence-corrected chi connectivity index (χ0v) is 21.9. The Morgan fingerprint density at radius 2 is 1.66 bits per heavy atom. The zero-order chi connectivity index (χ0) is 26.0. The number of hydrogen-bond acceptors (Lipinski definition) is 4. The molecule has 8 rings (SSSR count). The summed E-state index contributed by atoms with van der Waals surface area (Å²) >= 11 is 0. The lowest BCUT2D eigenvalue weighted by Gasteiger charge is -2.57. The van der Waals surface area contributed by atoms with Crippen LogP contribution in [0.5, 0.6) is 0 Å². The van der Waals surface area contributed by atoms with Crippen LogP contribution in [0.15, 0.2) is 54.1 Å².